The highest BCUT2D eigenvalue weighted by molar-refractivity contribution is 9.10. The third kappa shape index (κ3) is 3.16. The van der Waals surface area contributed by atoms with Gasteiger partial charge in [0.25, 0.3) is 0 Å². The summed E-state index contributed by atoms with van der Waals surface area (Å²) in [4.78, 5) is 0. The van der Waals surface area contributed by atoms with Crippen LogP contribution in [0.15, 0.2) is 16.6 Å². The number of benzene rings is 1. The third-order valence-corrected chi connectivity index (χ3v) is 3.53. The molecule has 1 aromatic carbocycles. The van der Waals surface area contributed by atoms with Gasteiger partial charge in [-0.1, -0.05) is 0 Å². The maximum Gasteiger partial charge on any atom is 0.162 e. The van der Waals surface area contributed by atoms with Gasteiger partial charge in [0.1, 0.15) is 5.75 Å². The monoisotopic (exact) mass is 306 g/mol. The van der Waals surface area contributed by atoms with Crippen molar-refractivity contribution in [3.05, 3.63) is 28.2 Å². The average Bonchev–Trinajstić information content (AvgIpc) is 2.29. The minimum Gasteiger partial charge on any atom is -0.489 e. The Hall–Kier alpha value is -0.680. The van der Waals surface area contributed by atoms with Crippen molar-refractivity contribution in [1.82, 2.24) is 0 Å². The van der Waals surface area contributed by atoms with Crippen LogP contribution in [0.3, 0.4) is 0 Å². The molecule has 2 rings (SSSR count). The van der Waals surface area contributed by atoms with E-state index in [0.29, 0.717) is 23.1 Å². The van der Waals surface area contributed by atoms with Crippen LogP contribution in [0.4, 0.5) is 8.78 Å². The summed E-state index contributed by atoms with van der Waals surface area (Å²) in [5.74, 6) is -1.51. The molecule has 0 radical (unpaired) electrons. The highest BCUT2D eigenvalue weighted by Gasteiger charge is 2.22. The maximum atomic E-state index is 13.1. The van der Waals surface area contributed by atoms with Crippen LogP contribution < -0.4 is 4.74 Å². The second-order valence-corrected chi connectivity index (χ2v) is 5.10. The minimum absolute atomic E-state index is 0.0421. The molecule has 1 aromatic rings. The molecule has 1 N–H and O–H groups in total. The lowest BCUT2D eigenvalue weighted by atomic mass is 9.95. The fraction of sp³-hybridized carbons (Fsp3) is 0.500. The van der Waals surface area contributed by atoms with E-state index < -0.39 is 11.6 Å². The van der Waals surface area contributed by atoms with E-state index in [2.05, 4.69) is 15.9 Å². The van der Waals surface area contributed by atoms with Gasteiger partial charge in [-0.05, 0) is 47.7 Å². The maximum absolute atomic E-state index is 13.1. The van der Waals surface area contributed by atoms with E-state index >= 15 is 0 Å². The number of aliphatic hydroxyl groups is 1. The van der Waals surface area contributed by atoms with Crippen LogP contribution in [0, 0.1) is 11.6 Å². The molecular formula is C12H13BrF2O2. The Labute approximate surface area is 107 Å². The van der Waals surface area contributed by atoms with Crippen molar-refractivity contribution >= 4 is 15.9 Å². The van der Waals surface area contributed by atoms with E-state index in [1.54, 1.807) is 0 Å². The summed E-state index contributed by atoms with van der Waals surface area (Å²) >= 11 is 3.14. The van der Waals surface area contributed by atoms with E-state index in [-0.39, 0.29) is 12.2 Å². The van der Waals surface area contributed by atoms with E-state index in [1.165, 1.54) is 0 Å². The predicted molar refractivity (Wildman–Crippen MR) is 62.9 cm³/mol. The van der Waals surface area contributed by atoms with Crippen molar-refractivity contribution in [1.29, 1.82) is 0 Å². The standard InChI is InChI=1S/C12H13BrF2O2/c13-9-5-10(14)11(15)6-12(9)17-8-3-1-7(16)2-4-8/h5-8,16H,1-4H2. The molecule has 17 heavy (non-hydrogen) atoms. The van der Waals surface area contributed by atoms with Gasteiger partial charge in [0, 0.05) is 6.07 Å². The summed E-state index contributed by atoms with van der Waals surface area (Å²) in [7, 11) is 0. The van der Waals surface area contributed by atoms with Crippen molar-refractivity contribution in [3.8, 4) is 5.75 Å². The number of hydrogen-bond donors (Lipinski definition) is 1. The third-order valence-electron chi connectivity index (χ3n) is 2.91. The fourth-order valence-corrected chi connectivity index (χ4v) is 2.35. The van der Waals surface area contributed by atoms with Crippen LogP contribution in [0.25, 0.3) is 0 Å². The summed E-state index contributed by atoms with van der Waals surface area (Å²) in [5, 5.41) is 9.35. The molecule has 1 fully saturated rings. The van der Waals surface area contributed by atoms with Gasteiger partial charge in [-0.25, -0.2) is 8.78 Å². The van der Waals surface area contributed by atoms with Crippen LogP contribution in [-0.4, -0.2) is 17.3 Å². The average molecular weight is 307 g/mol. The van der Waals surface area contributed by atoms with Crippen LogP contribution in [0.1, 0.15) is 25.7 Å². The van der Waals surface area contributed by atoms with Gasteiger partial charge in [-0.15, -0.1) is 0 Å². The molecule has 0 amide bonds. The number of hydrogen-bond acceptors (Lipinski definition) is 2. The normalized spacial score (nSPS) is 24.7. The number of aliphatic hydroxyl groups excluding tert-OH is 1. The van der Waals surface area contributed by atoms with Crippen LogP contribution in [0.5, 0.6) is 5.75 Å². The molecule has 5 heteroatoms. The largest absolute Gasteiger partial charge is 0.489 e. The molecular weight excluding hydrogens is 294 g/mol. The van der Waals surface area contributed by atoms with Gasteiger partial charge < -0.3 is 9.84 Å². The molecule has 0 unspecified atom stereocenters. The highest BCUT2D eigenvalue weighted by Crippen LogP contribution is 2.31. The quantitative estimate of drug-likeness (QED) is 0.849. The first-order valence-corrected chi connectivity index (χ1v) is 6.35. The molecule has 1 saturated carbocycles. The van der Waals surface area contributed by atoms with Gasteiger partial charge in [0.15, 0.2) is 11.6 Å². The molecule has 0 atom stereocenters. The topological polar surface area (TPSA) is 29.5 Å². The summed E-state index contributed by atoms with van der Waals surface area (Å²) < 4.78 is 32.0. The zero-order valence-corrected chi connectivity index (χ0v) is 10.7. The second-order valence-electron chi connectivity index (χ2n) is 4.25. The summed E-state index contributed by atoms with van der Waals surface area (Å²) in [6.45, 7) is 0. The Kier molecular flexibility index (Phi) is 3.99. The molecule has 94 valence electrons. The summed E-state index contributed by atoms with van der Waals surface area (Å²) in [5.41, 5.74) is 0. The lowest BCUT2D eigenvalue weighted by Crippen LogP contribution is -2.26. The van der Waals surface area contributed by atoms with Crippen LogP contribution in [-0.2, 0) is 0 Å². The van der Waals surface area contributed by atoms with Gasteiger partial charge >= 0.3 is 0 Å². The van der Waals surface area contributed by atoms with Crippen molar-refractivity contribution in [2.24, 2.45) is 0 Å². The van der Waals surface area contributed by atoms with E-state index in [4.69, 9.17) is 4.74 Å². The highest BCUT2D eigenvalue weighted by atomic mass is 79.9. The molecule has 0 aromatic heterocycles. The van der Waals surface area contributed by atoms with E-state index in [0.717, 1.165) is 25.0 Å². The lowest BCUT2D eigenvalue weighted by molar-refractivity contribution is 0.0660. The Balaban J connectivity index is 2.06. The predicted octanol–water partition coefficient (Wildman–Crippen LogP) is 3.41. The number of rotatable bonds is 2. The molecule has 0 saturated heterocycles. The van der Waals surface area contributed by atoms with Crippen LogP contribution >= 0.6 is 15.9 Å². The smallest absolute Gasteiger partial charge is 0.162 e. The Bertz CT molecular complexity index is 404. The first-order chi connectivity index (χ1) is 8.06. The van der Waals surface area contributed by atoms with Gasteiger partial charge in [-0.2, -0.15) is 0 Å². The molecule has 0 aliphatic heterocycles. The zero-order valence-electron chi connectivity index (χ0n) is 9.13. The van der Waals surface area contributed by atoms with Gasteiger partial charge in [0.05, 0.1) is 16.7 Å². The van der Waals surface area contributed by atoms with E-state index in [1.807, 2.05) is 0 Å². The second kappa shape index (κ2) is 5.31. The summed E-state index contributed by atoms with van der Waals surface area (Å²) in [6.07, 6.45) is 2.53. The van der Waals surface area contributed by atoms with E-state index in [9.17, 15) is 13.9 Å². The SMILES string of the molecule is OC1CCC(Oc2cc(F)c(F)cc2Br)CC1. The fourth-order valence-electron chi connectivity index (χ4n) is 1.94. The number of ether oxygens (including phenoxy) is 1. The molecule has 0 heterocycles. The van der Waals surface area contributed by atoms with Crippen molar-refractivity contribution in [2.45, 2.75) is 37.9 Å². The first-order valence-electron chi connectivity index (χ1n) is 5.55. The molecule has 0 spiro atoms. The molecule has 0 bridgehead atoms. The first kappa shape index (κ1) is 12.8. The zero-order chi connectivity index (χ0) is 12.4. The Morgan fingerprint density at radius 2 is 1.71 bits per heavy atom. The molecule has 1 aliphatic carbocycles. The van der Waals surface area contributed by atoms with Crippen molar-refractivity contribution < 1.29 is 18.6 Å². The van der Waals surface area contributed by atoms with Gasteiger partial charge in [0.2, 0.25) is 0 Å². The van der Waals surface area contributed by atoms with Crippen LogP contribution in [0.2, 0.25) is 0 Å². The van der Waals surface area contributed by atoms with Gasteiger partial charge in [-0.3, -0.25) is 0 Å². The molecule has 1 aliphatic rings. The Morgan fingerprint density at radius 1 is 1.12 bits per heavy atom. The van der Waals surface area contributed by atoms with Crippen molar-refractivity contribution in [3.63, 3.8) is 0 Å². The Morgan fingerprint density at radius 3 is 2.35 bits per heavy atom. The number of halogens is 3. The lowest BCUT2D eigenvalue weighted by Gasteiger charge is -2.26. The summed E-state index contributed by atoms with van der Waals surface area (Å²) in [6, 6.07) is 2.10. The molecule has 2 nitrogen and oxygen atoms in total. The van der Waals surface area contributed by atoms with Crippen molar-refractivity contribution in [2.75, 3.05) is 0 Å². The minimum atomic E-state index is -0.918.